The molecule has 1 radical (unpaired) electrons. The van der Waals surface area contributed by atoms with Gasteiger partial charge in [-0.1, -0.05) is 0 Å². The maximum atomic E-state index is 4.47. The van der Waals surface area contributed by atoms with Crippen LogP contribution in [0.5, 0.6) is 0 Å². The Morgan fingerprint density at radius 3 is 3.00 bits per heavy atom. The SMILES string of the molecule is Cc1nc2ccc3c[c-]ccc3c2s1.[Y]. The molecule has 0 unspecified atom stereocenters. The number of fused-ring (bicyclic) bond motifs is 3. The van der Waals surface area contributed by atoms with E-state index in [-0.39, 0.29) is 32.7 Å². The number of nitrogens with zero attached hydrogens (tertiary/aromatic N) is 1. The molecule has 0 aliphatic heterocycles. The molecule has 1 aromatic heterocycles. The maximum absolute atomic E-state index is 4.47. The van der Waals surface area contributed by atoms with Crippen molar-refractivity contribution in [3.63, 3.8) is 0 Å². The Balaban J connectivity index is 0.000000853. The molecule has 71 valence electrons. The molecule has 0 fully saturated rings. The average Bonchev–Trinajstić information content (AvgIpc) is 2.59. The van der Waals surface area contributed by atoms with Crippen LogP contribution in [0.15, 0.2) is 30.3 Å². The van der Waals surface area contributed by atoms with Crippen LogP contribution in [0.2, 0.25) is 0 Å². The van der Waals surface area contributed by atoms with Crippen molar-refractivity contribution in [3.05, 3.63) is 41.4 Å². The van der Waals surface area contributed by atoms with E-state index < -0.39 is 0 Å². The van der Waals surface area contributed by atoms with Crippen LogP contribution >= 0.6 is 11.3 Å². The Hall–Kier alpha value is -0.306. The molecule has 1 heterocycles. The number of aryl methyl sites for hydroxylation is 1. The van der Waals surface area contributed by atoms with E-state index >= 15 is 0 Å². The Labute approximate surface area is 117 Å². The van der Waals surface area contributed by atoms with Gasteiger partial charge >= 0.3 is 0 Å². The van der Waals surface area contributed by atoms with E-state index in [4.69, 9.17) is 0 Å². The second-order valence-corrected chi connectivity index (χ2v) is 4.50. The van der Waals surface area contributed by atoms with E-state index in [1.54, 1.807) is 11.3 Å². The van der Waals surface area contributed by atoms with Gasteiger partial charge < -0.3 is 0 Å². The van der Waals surface area contributed by atoms with Gasteiger partial charge in [-0.15, -0.1) is 28.2 Å². The van der Waals surface area contributed by atoms with Crippen LogP contribution in [0.1, 0.15) is 5.01 Å². The maximum Gasteiger partial charge on any atom is 0.0907 e. The summed E-state index contributed by atoms with van der Waals surface area (Å²) < 4.78 is 1.29. The second-order valence-electron chi connectivity index (χ2n) is 3.29. The third-order valence-electron chi connectivity index (χ3n) is 2.32. The number of rotatable bonds is 0. The van der Waals surface area contributed by atoms with Gasteiger partial charge in [0.15, 0.2) is 0 Å². The van der Waals surface area contributed by atoms with Gasteiger partial charge in [0, 0.05) is 37.4 Å². The van der Waals surface area contributed by atoms with Gasteiger partial charge in [-0.05, 0) is 13.0 Å². The van der Waals surface area contributed by atoms with Gasteiger partial charge in [-0.25, -0.2) is 4.98 Å². The van der Waals surface area contributed by atoms with Crippen LogP contribution in [0.4, 0.5) is 0 Å². The predicted molar refractivity (Wildman–Crippen MR) is 60.7 cm³/mol. The molecule has 15 heavy (non-hydrogen) atoms. The van der Waals surface area contributed by atoms with Crippen molar-refractivity contribution in [2.45, 2.75) is 6.92 Å². The molecule has 0 spiro atoms. The summed E-state index contributed by atoms with van der Waals surface area (Å²) in [5.41, 5.74) is 1.10. The summed E-state index contributed by atoms with van der Waals surface area (Å²) in [5.74, 6) is 0. The van der Waals surface area contributed by atoms with Gasteiger partial charge in [-0.2, -0.15) is 24.3 Å². The van der Waals surface area contributed by atoms with Crippen LogP contribution in [0.3, 0.4) is 0 Å². The van der Waals surface area contributed by atoms with Crippen LogP contribution in [-0.2, 0) is 32.7 Å². The van der Waals surface area contributed by atoms with Crippen molar-refractivity contribution >= 4 is 32.3 Å². The van der Waals surface area contributed by atoms with Crippen molar-refractivity contribution in [2.75, 3.05) is 0 Å². The largest absolute Gasteiger partial charge is 0.242 e. The van der Waals surface area contributed by atoms with Crippen molar-refractivity contribution in [3.8, 4) is 0 Å². The van der Waals surface area contributed by atoms with E-state index in [2.05, 4.69) is 29.2 Å². The minimum Gasteiger partial charge on any atom is -0.242 e. The summed E-state index contributed by atoms with van der Waals surface area (Å²) in [6, 6.07) is 13.4. The monoisotopic (exact) mass is 287 g/mol. The number of aromatic nitrogens is 1. The van der Waals surface area contributed by atoms with Crippen molar-refractivity contribution in [2.24, 2.45) is 0 Å². The standard InChI is InChI=1S/C12H8NS.Y/c1-8-13-11-7-6-9-4-2-3-5-10(9)12(11)14-8;/h3-7H,1H3;/q-1;. The fourth-order valence-corrected chi connectivity index (χ4v) is 2.66. The van der Waals surface area contributed by atoms with E-state index in [0.717, 1.165) is 10.5 Å². The molecule has 1 nitrogen and oxygen atoms in total. The Kier molecular flexibility index (Phi) is 3.20. The molecule has 0 saturated carbocycles. The Bertz CT molecular complexity index is 615. The summed E-state index contributed by atoms with van der Waals surface area (Å²) in [4.78, 5) is 4.47. The number of hydrogen-bond donors (Lipinski definition) is 0. The molecule has 0 atom stereocenters. The zero-order valence-electron chi connectivity index (χ0n) is 8.32. The molecule has 0 aliphatic rings. The first-order valence-electron chi connectivity index (χ1n) is 4.50. The molecule has 3 rings (SSSR count). The minimum absolute atomic E-state index is 0. The quantitative estimate of drug-likeness (QED) is 0.576. The van der Waals surface area contributed by atoms with E-state index in [1.807, 2.05) is 19.1 Å². The molecule has 0 N–H and O–H groups in total. The number of benzene rings is 2. The number of thiazole rings is 1. The fourth-order valence-electron chi connectivity index (χ4n) is 1.71. The molecular formula is C12H8NSY-. The minimum atomic E-state index is 0. The predicted octanol–water partition coefficient (Wildman–Crippen LogP) is 3.56. The molecule has 0 aliphatic carbocycles. The Morgan fingerprint density at radius 2 is 2.13 bits per heavy atom. The molecule has 2 aromatic carbocycles. The zero-order valence-corrected chi connectivity index (χ0v) is 12.0. The summed E-state index contributed by atoms with van der Waals surface area (Å²) in [6.45, 7) is 2.05. The van der Waals surface area contributed by atoms with Crippen molar-refractivity contribution in [1.29, 1.82) is 0 Å². The Morgan fingerprint density at radius 1 is 1.27 bits per heavy atom. The third-order valence-corrected chi connectivity index (χ3v) is 3.34. The summed E-state index contributed by atoms with van der Waals surface area (Å²) in [7, 11) is 0. The smallest absolute Gasteiger partial charge is 0.0907 e. The van der Waals surface area contributed by atoms with Gasteiger partial charge in [0.1, 0.15) is 0 Å². The molecule has 0 saturated heterocycles. The average molecular weight is 287 g/mol. The summed E-state index contributed by atoms with van der Waals surface area (Å²) >= 11 is 1.76. The molecular weight excluding hydrogens is 279 g/mol. The van der Waals surface area contributed by atoms with Gasteiger partial charge in [0.05, 0.1) is 10.5 Å². The van der Waals surface area contributed by atoms with Crippen LogP contribution in [0, 0.1) is 13.0 Å². The van der Waals surface area contributed by atoms with Gasteiger partial charge in [-0.3, -0.25) is 0 Å². The van der Waals surface area contributed by atoms with Crippen LogP contribution in [0.25, 0.3) is 21.0 Å². The normalized spacial score (nSPS) is 10.5. The van der Waals surface area contributed by atoms with Crippen molar-refractivity contribution in [1.82, 2.24) is 4.98 Å². The molecule has 3 heteroatoms. The van der Waals surface area contributed by atoms with E-state index in [0.29, 0.717) is 0 Å². The van der Waals surface area contributed by atoms with Crippen molar-refractivity contribution < 1.29 is 32.7 Å². The second kappa shape index (κ2) is 4.28. The van der Waals surface area contributed by atoms with E-state index in [1.165, 1.54) is 15.5 Å². The van der Waals surface area contributed by atoms with Crippen LogP contribution < -0.4 is 0 Å². The first-order valence-corrected chi connectivity index (χ1v) is 5.32. The number of hydrogen-bond acceptors (Lipinski definition) is 2. The first kappa shape index (κ1) is 11.2. The fraction of sp³-hybridized carbons (Fsp3) is 0.0833. The first-order chi connectivity index (χ1) is 6.84. The van der Waals surface area contributed by atoms with E-state index in [9.17, 15) is 0 Å². The third kappa shape index (κ3) is 1.86. The van der Waals surface area contributed by atoms with Gasteiger partial charge in [0.25, 0.3) is 0 Å². The molecule has 0 bridgehead atoms. The van der Waals surface area contributed by atoms with Crippen LogP contribution in [-0.4, -0.2) is 4.98 Å². The molecule has 3 aromatic rings. The zero-order chi connectivity index (χ0) is 9.54. The summed E-state index contributed by atoms with van der Waals surface area (Å²) in [6.07, 6.45) is 0. The summed E-state index contributed by atoms with van der Waals surface area (Å²) in [5, 5.41) is 3.65. The van der Waals surface area contributed by atoms with Gasteiger partial charge in [0.2, 0.25) is 0 Å². The topological polar surface area (TPSA) is 12.9 Å². The molecule has 0 amide bonds.